The van der Waals surface area contributed by atoms with Gasteiger partial charge in [-0.15, -0.1) is 150 Å². The summed E-state index contributed by atoms with van der Waals surface area (Å²) < 4.78 is 0. The first-order chi connectivity index (χ1) is 33.9. The normalized spacial score (nSPS) is 10.3. The minimum absolute atomic E-state index is 0. The van der Waals surface area contributed by atoms with Crippen molar-refractivity contribution in [2.75, 3.05) is 0 Å². The van der Waals surface area contributed by atoms with Gasteiger partial charge in [0.15, 0.2) is 0 Å². The van der Waals surface area contributed by atoms with Crippen LogP contribution >= 0.6 is 0 Å². The van der Waals surface area contributed by atoms with Crippen molar-refractivity contribution in [2.45, 2.75) is 66.7 Å². The molecule has 6 heteroatoms. The summed E-state index contributed by atoms with van der Waals surface area (Å²) in [5.74, 6) is 0. The van der Waals surface area contributed by atoms with Crippen molar-refractivity contribution in [2.24, 2.45) is 0 Å². The van der Waals surface area contributed by atoms with Crippen LogP contribution in [0.4, 0.5) is 0 Å². The number of rotatable bonds is 4. The molecule has 72 heavy (non-hydrogen) atoms. The molecule has 0 atom stereocenters. The molecule has 0 unspecified atom stereocenters. The Balaban J connectivity index is 0.000000173. The Morgan fingerprint density at radius 3 is 0.958 bits per heavy atom. The molecule has 0 heterocycles. The van der Waals surface area contributed by atoms with Gasteiger partial charge in [0, 0.05) is 0 Å². The van der Waals surface area contributed by atoms with Crippen molar-refractivity contribution in [1.82, 2.24) is 0 Å². The van der Waals surface area contributed by atoms with E-state index in [1.54, 1.807) is 0 Å². The van der Waals surface area contributed by atoms with Crippen LogP contribution in [0.1, 0.15) is 36.1 Å². The Kier molecular flexibility index (Phi) is 23.0. The molecule has 0 aliphatic carbocycles. The maximum absolute atomic E-state index is 2.28. The average Bonchev–Trinajstić information content (AvgIpc) is 4.17. The van der Waals surface area contributed by atoms with E-state index in [4.69, 9.17) is 0 Å². The van der Waals surface area contributed by atoms with E-state index in [2.05, 4.69) is 311 Å². The minimum Gasteiger partial charge on any atom is -1.00 e. The molecule has 0 bridgehead atoms. The fourth-order valence-corrected chi connectivity index (χ4v) is 9.00. The summed E-state index contributed by atoms with van der Waals surface area (Å²) in [5, 5.41) is 16.0. The first kappa shape index (κ1) is 58.1. The van der Waals surface area contributed by atoms with E-state index in [1.165, 1.54) is 109 Å². The third kappa shape index (κ3) is 15.6. The summed E-state index contributed by atoms with van der Waals surface area (Å²) in [7, 11) is 0. The van der Waals surface area contributed by atoms with Crippen LogP contribution in [0.3, 0.4) is 0 Å². The van der Waals surface area contributed by atoms with Crippen molar-refractivity contribution in [1.29, 1.82) is 0 Å². The van der Waals surface area contributed by atoms with Gasteiger partial charge in [0.05, 0.1) is 0 Å². The van der Waals surface area contributed by atoms with E-state index in [1.807, 2.05) is 0 Å². The summed E-state index contributed by atoms with van der Waals surface area (Å²) in [6.45, 7) is 17.8. The van der Waals surface area contributed by atoms with Crippen LogP contribution in [0.15, 0.2) is 218 Å². The van der Waals surface area contributed by atoms with Gasteiger partial charge in [0.1, 0.15) is 0 Å². The van der Waals surface area contributed by atoms with Gasteiger partial charge >= 0.3 is 76.9 Å². The van der Waals surface area contributed by atoms with Gasteiger partial charge in [-0.25, -0.2) is 0 Å². The topological polar surface area (TPSA) is 0 Å². The fourth-order valence-electron chi connectivity index (χ4n) is 9.00. The summed E-state index contributed by atoms with van der Waals surface area (Å²) >= 11 is 4.54. The van der Waals surface area contributed by atoms with Gasteiger partial charge in [-0.2, -0.15) is 24.3 Å². The van der Waals surface area contributed by atoms with Crippen molar-refractivity contribution in [3.05, 3.63) is 241 Å². The Morgan fingerprint density at radius 2 is 0.611 bits per heavy atom. The van der Waals surface area contributed by atoms with E-state index in [0.717, 1.165) is 12.8 Å². The van der Waals surface area contributed by atoms with Gasteiger partial charge < -0.3 is 24.8 Å². The SMILES string of the molecule is CCc1cc2ccccc2[cH-]1.CCc1cc2ccccc2[cH-]1.C[Si](C)=[Ti+2].C[Si](C)=[Ti+2].Cc1cc2c(-c3cccc4ccccc34)cccc2[cH-]1.Cc1cc2c(-c3cccc4ccccc34)cccc2[cH-]1.[Cl-].[Cl-]. The van der Waals surface area contributed by atoms with Crippen LogP contribution in [0.2, 0.25) is 26.2 Å². The van der Waals surface area contributed by atoms with Crippen LogP contribution < -0.4 is 24.8 Å². The molecule has 0 aliphatic heterocycles. The Morgan fingerprint density at radius 1 is 0.333 bits per heavy atom. The molecule has 0 saturated heterocycles. The van der Waals surface area contributed by atoms with Crippen LogP contribution in [-0.4, -0.2) is 12.4 Å². The van der Waals surface area contributed by atoms with Crippen LogP contribution in [0.5, 0.6) is 0 Å². The molecular formula is C66H64Cl2Si2Ti2-2. The van der Waals surface area contributed by atoms with Crippen LogP contribution in [-0.2, 0) is 51.2 Å². The van der Waals surface area contributed by atoms with Crippen LogP contribution in [0, 0.1) is 13.8 Å². The van der Waals surface area contributed by atoms with Crippen molar-refractivity contribution in [3.8, 4) is 22.3 Å². The number of aryl methyl sites for hydroxylation is 4. The zero-order chi connectivity index (χ0) is 49.6. The zero-order valence-electron chi connectivity index (χ0n) is 43.0. The molecule has 0 fully saturated rings. The molecule has 12 aromatic rings. The smallest absolute Gasteiger partial charge is 0.0114 e. The number of fused-ring (bicyclic) bond motifs is 6. The van der Waals surface area contributed by atoms with Crippen molar-refractivity contribution >= 4 is 77.0 Å². The second kappa shape index (κ2) is 28.6. The second-order valence-electron chi connectivity index (χ2n) is 18.4. The van der Waals surface area contributed by atoms with E-state index in [0.29, 0.717) is 0 Å². The number of hydrogen-bond donors (Lipinski definition) is 0. The molecule has 0 aliphatic rings. The van der Waals surface area contributed by atoms with Crippen LogP contribution in [0.25, 0.3) is 86.9 Å². The van der Waals surface area contributed by atoms with Gasteiger partial charge in [-0.05, 0) is 45.5 Å². The Bertz CT molecular complexity index is 3330. The van der Waals surface area contributed by atoms with Gasteiger partial charge in [-0.1, -0.05) is 148 Å². The third-order valence-corrected chi connectivity index (χ3v) is 12.1. The summed E-state index contributed by atoms with van der Waals surface area (Å²) in [5.41, 5.74) is 10.8. The first-order valence-corrected chi connectivity index (χ1v) is 34.2. The Labute approximate surface area is 465 Å². The molecule has 0 radical (unpaired) electrons. The van der Waals surface area contributed by atoms with Gasteiger partial charge in [-0.3, -0.25) is 0 Å². The molecule has 0 nitrogen and oxygen atoms in total. The molecule has 360 valence electrons. The molecule has 0 aromatic heterocycles. The molecule has 12 aromatic carbocycles. The maximum Gasteiger partial charge on any atom is -0.0114 e. The standard InChI is InChI=1S/2C20H15.2C11H11.2C2H6Si.2ClH.2Ti/c2*1-14-12-16-8-5-11-19(20(16)13-14)18-10-4-7-15-6-2-3-9-17(15)18;2*1-2-9-7-10-5-3-4-6-11(10)8-9;2*1-3-2;;;;/h2*2-13H,1H3;2*3-8H,2H2,1H3;2*1-2H3;2*1H;;/q4*-1;;;;;2*+2/p-2. The summed E-state index contributed by atoms with van der Waals surface area (Å²) in [6, 6.07) is 78.5. The zero-order valence-corrected chi connectivity index (χ0v) is 49.6. The number of benzene rings is 8. The third-order valence-electron chi connectivity index (χ3n) is 12.1. The largest absolute Gasteiger partial charge is 1.00 e. The summed E-state index contributed by atoms with van der Waals surface area (Å²) in [4.78, 5) is 0. The average molecular weight is 1080 g/mol. The predicted molar refractivity (Wildman–Crippen MR) is 307 cm³/mol. The second-order valence-corrected chi connectivity index (χ2v) is 31.8. The maximum atomic E-state index is 2.28. The molecule has 0 spiro atoms. The molecule has 0 N–H and O–H groups in total. The van der Waals surface area contributed by atoms with Crippen molar-refractivity contribution < 1.29 is 63.2 Å². The molecule has 12 rings (SSSR count). The minimum atomic E-state index is 0. The molecular weight excluding hydrogens is 1020 g/mol. The van der Waals surface area contributed by atoms with Gasteiger partial charge in [0.2, 0.25) is 0 Å². The number of hydrogen-bond acceptors (Lipinski definition) is 0. The van der Waals surface area contributed by atoms with Gasteiger partial charge in [0.25, 0.3) is 0 Å². The predicted octanol–water partition coefficient (Wildman–Crippen LogP) is 13.2. The van der Waals surface area contributed by atoms with E-state index in [9.17, 15) is 0 Å². The first-order valence-electron chi connectivity index (χ1n) is 24.5. The Hall–Kier alpha value is -4.84. The quantitative estimate of drug-likeness (QED) is 0.122. The number of halogens is 2. The van der Waals surface area contributed by atoms with Crippen molar-refractivity contribution in [3.63, 3.8) is 0 Å². The fraction of sp³-hybridized carbons (Fsp3) is 0.152. The van der Waals surface area contributed by atoms with E-state index in [-0.39, 0.29) is 37.2 Å². The molecule has 0 saturated carbocycles. The van der Waals surface area contributed by atoms with E-state index < -0.39 is 0 Å². The van der Waals surface area contributed by atoms with E-state index >= 15 is 0 Å². The molecule has 0 amide bonds. The monoisotopic (exact) mass is 1080 g/mol. The summed E-state index contributed by atoms with van der Waals surface area (Å²) in [6.07, 6.45) is 2.51.